The number of alkyl carbamates (subject to hydrolysis) is 1. The van der Waals surface area contributed by atoms with Gasteiger partial charge >= 0.3 is 12.1 Å². The Morgan fingerprint density at radius 2 is 1.59 bits per heavy atom. The third-order valence-electron chi connectivity index (χ3n) is 1.48. The summed E-state index contributed by atoms with van der Waals surface area (Å²) < 4.78 is 5.00. The van der Waals surface area contributed by atoms with Gasteiger partial charge in [0.1, 0.15) is 5.60 Å². The van der Waals surface area contributed by atoms with Crippen LogP contribution in [0.4, 0.5) is 9.59 Å². The molecule has 0 spiro atoms. The minimum atomic E-state index is -0.532. The Balaban J connectivity index is 3.51. The number of aliphatic hydroxyl groups excluding tert-OH is 1. The lowest BCUT2D eigenvalue weighted by molar-refractivity contribution is 0.0528. The first-order valence-electron chi connectivity index (χ1n) is 5.44. The highest BCUT2D eigenvalue weighted by atomic mass is 16.6. The zero-order valence-corrected chi connectivity index (χ0v) is 10.5. The normalized spacial score (nSPS) is 10.6. The van der Waals surface area contributed by atoms with E-state index in [0.29, 0.717) is 0 Å². The van der Waals surface area contributed by atoms with E-state index in [9.17, 15) is 9.59 Å². The first kappa shape index (κ1) is 15.5. The van der Waals surface area contributed by atoms with Crippen LogP contribution in [0.2, 0.25) is 0 Å². The van der Waals surface area contributed by atoms with E-state index in [1.165, 1.54) is 0 Å². The number of hydrogen-bond acceptors (Lipinski definition) is 4. The Morgan fingerprint density at radius 3 is 2.12 bits per heavy atom. The monoisotopic (exact) mass is 247 g/mol. The Hall–Kier alpha value is -1.50. The van der Waals surface area contributed by atoms with E-state index in [-0.39, 0.29) is 32.3 Å². The van der Waals surface area contributed by atoms with Crippen LogP contribution in [0.15, 0.2) is 0 Å². The lowest BCUT2D eigenvalue weighted by Crippen LogP contribution is -2.42. The molecule has 0 aromatic rings. The molecule has 0 unspecified atom stereocenters. The molecule has 0 saturated carbocycles. The lowest BCUT2D eigenvalue weighted by Gasteiger charge is -2.19. The maximum Gasteiger partial charge on any atom is 0.407 e. The van der Waals surface area contributed by atoms with Gasteiger partial charge in [-0.1, -0.05) is 0 Å². The summed E-state index contributed by atoms with van der Waals surface area (Å²) in [5, 5.41) is 15.9. The number of ether oxygens (including phenoxy) is 1. The second-order valence-electron chi connectivity index (χ2n) is 4.33. The Bertz CT molecular complexity index is 250. The highest BCUT2D eigenvalue weighted by molar-refractivity contribution is 5.73. The van der Waals surface area contributed by atoms with E-state index in [0.717, 1.165) is 0 Å². The van der Waals surface area contributed by atoms with Gasteiger partial charge in [-0.3, -0.25) is 0 Å². The van der Waals surface area contributed by atoms with Crippen LogP contribution in [0.1, 0.15) is 20.8 Å². The topological polar surface area (TPSA) is 99.7 Å². The van der Waals surface area contributed by atoms with Crippen molar-refractivity contribution in [3.05, 3.63) is 0 Å². The molecule has 0 aliphatic heterocycles. The molecule has 7 nitrogen and oxygen atoms in total. The van der Waals surface area contributed by atoms with Crippen molar-refractivity contribution in [2.75, 3.05) is 26.2 Å². The Kier molecular flexibility index (Phi) is 7.04. The molecular formula is C10H21N3O4. The summed E-state index contributed by atoms with van der Waals surface area (Å²) in [6.07, 6.45) is -0.518. The van der Waals surface area contributed by atoms with Crippen molar-refractivity contribution >= 4 is 12.1 Å². The van der Waals surface area contributed by atoms with Crippen molar-refractivity contribution in [3.63, 3.8) is 0 Å². The molecule has 0 saturated heterocycles. The van der Waals surface area contributed by atoms with Crippen LogP contribution < -0.4 is 16.0 Å². The zero-order valence-electron chi connectivity index (χ0n) is 10.5. The number of amides is 3. The fraction of sp³-hybridized carbons (Fsp3) is 0.800. The van der Waals surface area contributed by atoms with Crippen LogP contribution in [0.5, 0.6) is 0 Å². The van der Waals surface area contributed by atoms with Crippen molar-refractivity contribution in [1.29, 1.82) is 0 Å². The number of carbonyl (C=O) groups is 2. The molecule has 0 rings (SSSR count). The smallest absolute Gasteiger partial charge is 0.407 e. The minimum Gasteiger partial charge on any atom is -0.444 e. The summed E-state index contributed by atoms with van der Waals surface area (Å²) in [7, 11) is 0. The number of aliphatic hydroxyl groups is 1. The summed E-state index contributed by atoms with van der Waals surface area (Å²) in [4.78, 5) is 22.2. The van der Waals surface area contributed by atoms with Crippen LogP contribution >= 0.6 is 0 Å². The Labute approximate surface area is 101 Å². The molecule has 0 aromatic heterocycles. The van der Waals surface area contributed by atoms with Gasteiger partial charge in [-0.2, -0.15) is 0 Å². The van der Waals surface area contributed by atoms with Crippen molar-refractivity contribution in [1.82, 2.24) is 16.0 Å². The van der Waals surface area contributed by atoms with E-state index in [4.69, 9.17) is 9.84 Å². The van der Waals surface area contributed by atoms with Gasteiger partial charge in [0.25, 0.3) is 0 Å². The van der Waals surface area contributed by atoms with Crippen LogP contribution in [-0.2, 0) is 4.74 Å². The molecular weight excluding hydrogens is 226 g/mol. The zero-order chi connectivity index (χ0) is 13.3. The SMILES string of the molecule is CC(C)(C)OC(=O)NCCNC(=O)NCCO. The second kappa shape index (κ2) is 7.72. The molecule has 7 heteroatoms. The first-order chi connectivity index (χ1) is 7.85. The van der Waals surface area contributed by atoms with Gasteiger partial charge in [0.2, 0.25) is 0 Å². The first-order valence-corrected chi connectivity index (χ1v) is 5.44. The summed E-state index contributed by atoms with van der Waals surface area (Å²) in [6.45, 7) is 5.97. The summed E-state index contributed by atoms with van der Waals surface area (Å²) in [5.74, 6) is 0. The highest BCUT2D eigenvalue weighted by Gasteiger charge is 2.15. The Morgan fingerprint density at radius 1 is 1.06 bits per heavy atom. The average molecular weight is 247 g/mol. The average Bonchev–Trinajstić information content (AvgIpc) is 2.19. The predicted octanol–water partition coefficient (Wildman–Crippen LogP) is -0.197. The predicted molar refractivity (Wildman–Crippen MR) is 62.7 cm³/mol. The number of hydrogen-bond donors (Lipinski definition) is 4. The minimum absolute atomic E-state index is 0.108. The summed E-state index contributed by atoms with van der Waals surface area (Å²) >= 11 is 0. The molecule has 100 valence electrons. The molecule has 0 aromatic carbocycles. The molecule has 0 fully saturated rings. The standard InChI is InChI=1S/C10H21N3O4/c1-10(2,3)17-9(16)13-5-4-11-8(15)12-6-7-14/h14H,4-7H2,1-3H3,(H,13,16)(H2,11,12,15). The largest absolute Gasteiger partial charge is 0.444 e. The molecule has 0 radical (unpaired) electrons. The van der Waals surface area contributed by atoms with E-state index in [2.05, 4.69) is 16.0 Å². The van der Waals surface area contributed by atoms with Gasteiger partial charge in [-0.25, -0.2) is 9.59 Å². The van der Waals surface area contributed by atoms with Gasteiger partial charge in [0.15, 0.2) is 0 Å². The summed E-state index contributed by atoms with van der Waals surface area (Å²) in [5.41, 5.74) is -0.532. The van der Waals surface area contributed by atoms with Crippen LogP contribution in [0.25, 0.3) is 0 Å². The van der Waals surface area contributed by atoms with Crippen molar-refractivity contribution in [2.24, 2.45) is 0 Å². The number of rotatable bonds is 5. The molecule has 0 bridgehead atoms. The van der Waals surface area contributed by atoms with E-state index < -0.39 is 11.7 Å². The lowest BCUT2D eigenvalue weighted by atomic mass is 10.2. The fourth-order valence-corrected chi connectivity index (χ4v) is 0.887. The molecule has 3 amide bonds. The molecule has 0 aliphatic rings. The highest BCUT2D eigenvalue weighted by Crippen LogP contribution is 2.05. The molecule has 4 N–H and O–H groups in total. The summed E-state index contributed by atoms with van der Waals surface area (Å²) in [6, 6.07) is -0.384. The van der Waals surface area contributed by atoms with Crippen molar-refractivity contribution in [2.45, 2.75) is 26.4 Å². The van der Waals surface area contributed by atoms with E-state index >= 15 is 0 Å². The van der Waals surface area contributed by atoms with Crippen LogP contribution in [0.3, 0.4) is 0 Å². The third-order valence-corrected chi connectivity index (χ3v) is 1.48. The van der Waals surface area contributed by atoms with Gasteiger partial charge < -0.3 is 25.8 Å². The molecule has 0 heterocycles. The second-order valence-corrected chi connectivity index (χ2v) is 4.33. The van der Waals surface area contributed by atoms with Crippen LogP contribution in [-0.4, -0.2) is 49.1 Å². The molecule has 0 aliphatic carbocycles. The van der Waals surface area contributed by atoms with Crippen LogP contribution in [0, 0.1) is 0 Å². The maximum atomic E-state index is 11.2. The number of carbonyl (C=O) groups excluding carboxylic acids is 2. The van der Waals surface area contributed by atoms with Gasteiger partial charge in [-0.15, -0.1) is 0 Å². The number of nitrogens with one attached hydrogen (secondary N) is 3. The third kappa shape index (κ3) is 10.8. The van der Waals surface area contributed by atoms with Crippen molar-refractivity contribution in [3.8, 4) is 0 Å². The van der Waals surface area contributed by atoms with Gasteiger partial charge in [0, 0.05) is 19.6 Å². The molecule has 17 heavy (non-hydrogen) atoms. The van der Waals surface area contributed by atoms with Crippen molar-refractivity contribution < 1.29 is 19.4 Å². The fourth-order valence-electron chi connectivity index (χ4n) is 0.887. The van der Waals surface area contributed by atoms with Gasteiger partial charge in [0.05, 0.1) is 6.61 Å². The quantitative estimate of drug-likeness (QED) is 0.506. The van der Waals surface area contributed by atoms with Gasteiger partial charge in [-0.05, 0) is 20.8 Å². The molecule has 0 atom stereocenters. The maximum absolute atomic E-state index is 11.2. The van der Waals surface area contributed by atoms with E-state index in [1.807, 2.05) is 0 Å². The number of urea groups is 1. The van der Waals surface area contributed by atoms with E-state index in [1.54, 1.807) is 20.8 Å².